The molecule has 1 N–H and O–H groups in total. The number of hydrogen-bond acceptors (Lipinski definition) is 4. The van der Waals surface area contributed by atoms with E-state index in [0.717, 1.165) is 22.2 Å². The van der Waals surface area contributed by atoms with Crippen LogP contribution in [0.2, 0.25) is 0 Å². The average Bonchev–Trinajstić information content (AvgIpc) is 3.03. The number of carboxylic acid groups (broad SMARTS) is 1. The normalized spacial score (nSPS) is 10.8. The molecule has 3 rings (SSSR count). The molecule has 26 heavy (non-hydrogen) atoms. The second-order valence-corrected chi connectivity index (χ2v) is 5.78. The van der Waals surface area contributed by atoms with Gasteiger partial charge in [-0.25, -0.2) is 9.59 Å². The van der Waals surface area contributed by atoms with E-state index in [1.54, 1.807) is 12.1 Å². The van der Waals surface area contributed by atoms with E-state index in [2.05, 4.69) is 0 Å². The molecule has 0 atom stereocenters. The van der Waals surface area contributed by atoms with Gasteiger partial charge in [-0.1, -0.05) is 18.2 Å². The van der Waals surface area contributed by atoms with Crippen molar-refractivity contribution >= 4 is 22.8 Å². The van der Waals surface area contributed by atoms with Crippen LogP contribution in [-0.2, 0) is 20.7 Å². The number of methoxy groups -OCH3 is 1. The van der Waals surface area contributed by atoms with E-state index in [1.165, 1.54) is 7.11 Å². The highest BCUT2D eigenvalue weighted by molar-refractivity contribution is 5.96. The molecule has 0 saturated carbocycles. The highest BCUT2D eigenvalue weighted by Gasteiger charge is 2.14. The van der Waals surface area contributed by atoms with Gasteiger partial charge >= 0.3 is 11.9 Å². The standard InChI is InChI=1S/C20H19NO5/c1-25-20(24)14-7-8-18-17(11-14)15(9-10-26-13-19(22)23)12-21(18)16-5-3-2-4-6-16/h2-8,11-12H,9-10,13H2,1H3,(H,22,23). The van der Waals surface area contributed by atoms with E-state index in [1.807, 2.05) is 47.2 Å². The van der Waals surface area contributed by atoms with Crippen LogP contribution in [0.1, 0.15) is 15.9 Å². The molecule has 6 nitrogen and oxygen atoms in total. The van der Waals surface area contributed by atoms with Crippen molar-refractivity contribution in [1.82, 2.24) is 4.57 Å². The van der Waals surface area contributed by atoms with Crippen LogP contribution < -0.4 is 0 Å². The third-order valence-electron chi connectivity index (χ3n) is 4.08. The number of esters is 1. The SMILES string of the molecule is COC(=O)c1ccc2c(c1)c(CCOCC(=O)O)cn2-c1ccccc1. The lowest BCUT2D eigenvalue weighted by atomic mass is 10.1. The van der Waals surface area contributed by atoms with Gasteiger partial charge in [0.1, 0.15) is 6.61 Å². The van der Waals surface area contributed by atoms with E-state index in [0.29, 0.717) is 12.0 Å². The van der Waals surface area contributed by atoms with Crippen molar-refractivity contribution in [3.63, 3.8) is 0 Å². The zero-order chi connectivity index (χ0) is 18.5. The van der Waals surface area contributed by atoms with Gasteiger partial charge in [0, 0.05) is 17.3 Å². The van der Waals surface area contributed by atoms with Crippen LogP contribution in [0, 0.1) is 0 Å². The summed E-state index contributed by atoms with van der Waals surface area (Å²) in [4.78, 5) is 22.4. The first-order valence-electron chi connectivity index (χ1n) is 8.17. The second kappa shape index (κ2) is 7.84. The zero-order valence-electron chi connectivity index (χ0n) is 14.3. The maximum Gasteiger partial charge on any atom is 0.337 e. The molecular weight excluding hydrogens is 334 g/mol. The summed E-state index contributed by atoms with van der Waals surface area (Å²) in [6.07, 6.45) is 2.53. The van der Waals surface area contributed by atoms with Gasteiger partial charge in [0.2, 0.25) is 0 Å². The number of carboxylic acids is 1. The number of para-hydroxylation sites is 1. The fourth-order valence-corrected chi connectivity index (χ4v) is 2.89. The first kappa shape index (κ1) is 17.7. The molecule has 0 bridgehead atoms. The Kier molecular flexibility index (Phi) is 5.34. The van der Waals surface area contributed by atoms with Crippen LogP contribution in [0.25, 0.3) is 16.6 Å². The van der Waals surface area contributed by atoms with Gasteiger partial charge in [-0.05, 0) is 42.3 Å². The van der Waals surface area contributed by atoms with E-state index in [-0.39, 0.29) is 13.2 Å². The number of aromatic nitrogens is 1. The molecule has 0 unspecified atom stereocenters. The van der Waals surface area contributed by atoms with Gasteiger partial charge in [0.15, 0.2) is 0 Å². The highest BCUT2D eigenvalue weighted by Crippen LogP contribution is 2.27. The number of ether oxygens (including phenoxy) is 2. The number of carbonyl (C=O) groups is 2. The first-order chi connectivity index (χ1) is 12.6. The molecule has 1 heterocycles. The molecule has 0 amide bonds. The van der Waals surface area contributed by atoms with Gasteiger partial charge in [0.25, 0.3) is 0 Å². The van der Waals surface area contributed by atoms with Crippen LogP contribution in [0.3, 0.4) is 0 Å². The lowest BCUT2D eigenvalue weighted by Gasteiger charge is -2.05. The van der Waals surface area contributed by atoms with Crippen molar-refractivity contribution in [2.24, 2.45) is 0 Å². The van der Waals surface area contributed by atoms with E-state index >= 15 is 0 Å². The van der Waals surface area contributed by atoms with E-state index in [9.17, 15) is 9.59 Å². The molecule has 0 aliphatic carbocycles. The summed E-state index contributed by atoms with van der Waals surface area (Å²) < 4.78 is 12.0. The van der Waals surface area contributed by atoms with Crippen molar-refractivity contribution in [3.8, 4) is 5.69 Å². The Morgan fingerprint density at radius 2 is 1.88 bits per heavy atom. The largest absolute Gasteiger partial charge is 0.480 e. The summed E-state index contributed by atoms with van der Waals surface area (Å²) in [7, 11) is 1.35. The fraction of sp³-hybridized carbons (Fsp3) is 0.200. The van der Waals surface area contributed by atoms with Crippen molar-refractivity contribution in [2.75, 3.05) is 20.3 Å². The Labute approximate surface area is 150 Å². The Morgan fingerprint density at radius 3 is 2.58 bits per heavy atom. The van der Waals surface area contributed by atoms with Crippen LogP contribution in [-0.4, -0.2) is 41.9 Å². The minimum Gasteiger partial charge on any atom is -0.480 e. The number of rotatable bonds is 7. The number of fused-ring (bicyclic) bond motifs is 1. The Morgan fingerprint density at radius 1 is 1.12 bits per heavy atom. The third kappa shape index (κ3) is 3.75. The molecular formula is C20H19NO5. The molecule has 2 aromatic carbocycles. The minimum atomic E-state index is -0.996. The third-order valence-corrected chi connectivity index (χ3v) is 4.08. The fourth-order valence-electron chi connectivity index (χ4n) is 2.89. The van der Waals surface area contributed by atoms with Gasteiger partial charge in [-0.15, -0.1) is 0 Å². The molecule has 0 aliphatic heterocycles. The summed E-state index contributed by atoms with van der Waals surface area (Å²) in [6, 6.07) is 15.3. The molecule has 0 spiro atoms. The minimum absolute atomic E-state index is 0.280. The van der Waals surface area contributed by atoms with Gasteiger partial charge in [-0.3, -0.25) is 0 Å². The van der Waals surface area contributed by atoms with E-state index in [4.69, 9.17) is 14.6 Å². The maximum absolute atomic E-state index is 11.9. The number of nitrogens with zero attached hydrogens (tertiary/aromatic N) is 1. The van der Waals surface area contributed by atoms with Crippen molar-refractivity contribution < 1.29 is 24.2 Å². The molecule has 0 fully saturated rings. The average molecular weight is 353 g/mol. The molecule has 0 aliphatic rings. The highest BCUT2D eigenvalue weighted by atomic mass is 16.5. The molecule has 0 radical (unpaired) electrons. The Hall–Kier alpha value is -3.12. The molecule has 3 aromatic rings. The zero-order valence-corrected chi connectivity index (χ0v) is 14.3. The quantitative estimate of drug-likeness (QED) is 0.522. The molecule has 0 saturated heterocycles. The van der Waals surface area contributed by atoms with E-state index < -0.39 is 11.9 Å². The maximum atomic E-state index is 11.9. The first-order valence-corrected chi connectivity index (χ1v) is 8.17. The van der Waals surface area contributed by atoms with Crippen LogP contribution >= 0.6 is 0 Å². The lowest BCUT2D eigenvalue weighted by molar-refractivity contribution is -0.142. The lowest BCUT2D eigenvalue weighted by Crippen LogP contribution is -2.09. The predicted molar refractivity (Wildman–Crippen MR) is 96.8 cm³/mol. The van der Waals surface area contributed by atoms with Crippen LogP contribution in [0.5, 0.6) is 0 Å². The smallest absolute Gasteiger partial charge is 0.337 e. The number of hydrogen-bond donors (Lipinski definition) is 1. The number of carbonyl (C=O) groups excluding carboxylic acids is 1. The summed E-state index contributed by atoms with van der Waals surface area (Å²) in [5.74, 6) is -1.39. The Bertz CT molecular complexity index is 930. The topological polar surface area (TPSA) is 77.8 Å². The van der Waals surface area contributed by atoms with Crippen LogP contribution in [0.4, 0.5) is 0 Å². The molecule has 134 valence electrons. The summed E-state index contributed by atoms with van der Waals surface area (Å²) in [6.45, 7) is -0.0482. The predicted octanol–water partition coefficient (Wildman–Crippen LogP) is 3.06. The van der Waals surface area contributed by atoms with Gasteiger partial charge < -0.3 is 19.1 Å². The monoisotopic (exact) mass is 353 g/mol. The van der Waals surface area contributed by atoms with Crippen molar-refractivity contribution in [2.45, 2.75) is 6.42 Å². The molecule has 1 aromatic heterocycles. The second-order valence-electron chi connectivity index (χ2n) is 5.78. The summed E-state index contributed by atoms with van der Waals surface area (Å²) >= 11 is 0. The summed E-state index contributed by atoms with van der Waals surface area (Å²) in [5.41, 5.74) is 3.40. The van der Waals surface area contributed by atoms with Crippen molar-refractivity contribution in [1.29, 1.82) is 0 Å². The van der Waals surface area contributed by atoms with Crippen LogP contribution in [0.15, 0.2) is 54.7 Å². The number of aliphatic carboxylic acids is 1. The number of benzene rings is 2. The Balaban J connectivity index is 2.00. The van der Waals surface area contributed by atoms with Gasteiger partial charge in [-0.2, -0.15) is 0 Å². The summed E-state index contributed by atoms with van der Waals surface area (Å²) in [5, 5.41) is 9.59. The van der Waals surface area contributed by atoms with Gasteiger partial charge in [0.05, 0.1) is 24.8 Å². The van der Waals surface area contributed by atoms with Crippen molar-refractivity contribution in [3.05, 3.63) is 65.9 Å². The molecule has 6 heteroatoms.